The molecule has 6 unspecified atom stereocenters. The standard InChI is InChI=1S/C41H56N6O9.C31H52N4O6S/c1-28(2)26-33(43-30(4)48)27-31-10-14-35(15-11-31)56-40(53)45(7)41(5,6)39(52)46(8)44-29(3)32-12-16-34(17-13-32)55-25-24-54-23-20-36(49)42-21-9-22-47-37(50)18-19-38(47)51;1-10-21(6)28(33-29(38)24-13-11-12-14-34(24)9)31(39)35(18-40-27(37)15-19(2)3)25(20(4)5)16-26(41-23(8)36)30-32-22(7)17-42-30/h10-19,28,33H,9,20-27H2,1-8H3,(H,42,49)(H,43,48);17,19-21,24-26,28H,10-16,18H2,1-9H3,(H,33,38)/b44-29+;. The number of aryl methyl sites for hydroxylation is 1. The first-order valence-corrected chi connectivity index (χ1v) is 34.9. The third-order valence-corrected chi connectivity index (χ3v) is 18.0. The summed E-state index contributed by atoms with van der Waals surface area (Å²) in [6.45, 7) is 27.6. The van der Waals surface area contributed by atoms with Crippen molar-refractivity contribution in [2.24, 2.45) is 28.8 Å². The van der Waals surface area contributed by atoms with Crippen LogP contribution in [0.25, 0.3) is 0 Å². The van der Waals surface area contributed by atoms with Crippen molar-refractivity contribution in [2.45, 2.75) is 197 Å². The second-order valence-electron chi connectivity index (χ2n) is 26.9. The normalized spacial score (nSPS) is 15.7. The molecule has 3 aromatic rings. The molecule has 1 saturated heterocycles. The van der Waals surface area contributed by atoms with Gasteiger partial charge in [0.25, 0.3) is 17.7 Å². The van der Waals surface area contributed by atoms with Crippen molar-refractivity contribution in [2.75, 3.05) is 67.3 Å². The molecule has 2 aliphatic rings. The van der Waals surface area contributed by atoms with Crippen LogP contribution in [-0.4, -0.2) is 192 Å². The molecule has 3 heterocycles. The summed E-state index contributed by atoms with van der Waals surface area (Å²) >= 11 is 1.40. The van der Waals surface area contributed by atoms with E-state index in [1.807, 2.05) is 90.1 Å². The van der Waals surface area contributed by atoms with Gasteiger partial charge in [-0.05, 0) is 145 Å². The van der Waals surface area contributed by atoms with Gasteiger partial charge in [0.2, 0.25) is 23.6 Å². The van der Waals surface area contributed by atoms with Crippen molar-refractivity contribution in [1.82, 2.24) is 45.5 Å². The predicted octanol–water partition coefficient (Wildman–Crippen LogP) is 8.95. The molecule has 0 aliphatic carbocycles. The fourth-order valence-electron chi connectivity index (χ4n) is 11.0. The molecule has 3 N–H and O–H groups in total. The molecule has 26 heteroatoms. The first-order valence-electron chi connectivity index (χ1n) is 34.0. The van der Waals surface area contributed by atoms with Gasteiger partial charge in [-0.1, -0.05) is 80.4 Å². The molecule has 25 nitrogen and oxygen atoms in total. The SMILES string of the molecule is CC(=O)NC(Cc1ccc(OC(=O)N(C)C(C)(C)C(=O)N(C)/N=C(\C)c2ccc(OCCOCCC(=O)NCCCN3C(=O)C=CC3=O)cc2)cc1)CC(C)C.CCC(C)C(NC(=O)C1CCCCN1C)C(=O)N(COC(=O)CC(C)C)C(CC(OC(C)=O)c1nc(C)cs1)C(C)C. The van der Waals surface area contributed by atoms with E-state index in [1.54, 1.807) is 49.9 Å². The number of carbonyl (C=O) groups is 10. The second-order valence-corrected chi connectivity index (χ2v) is 27.8. The number of benzene rings is 2. The fourth-order valence-corrected chi connectivity index (χ4v) is 11.9. The van der Waals surface area contributed by atoms with E-state index in [-0.39, 0.29) is 118 Å². The Labute approximate surface area is 583 Å². The van der Waals surface area contributed by atoms with E-state index in [0.717, 1.165) is 53.9 Å². The van der Waals surface area contributed by atoms with Crippen molar-refractivity contribution >= 4 is 76.4 Å². The van der Waals surface area contributed by atoms with E-state index in [0.29, 0.717) is 53.9 Å². The Morgan fingerprint density at radius 1 is 0.827 bits per heavy atom. The molecule has 0 spiro atoms. The molecular formula is C72H108N10O15S. The van der Waals surface area contributed by atoms with Crippen molar-refractivity contribution < 1.29 is 71.6 Å². The quantitative estimate of drug-likeness (QED) is 0.0122. The maximum absolute atomic E-state index is 14.5. The van der Waals surface area contributed by atoms with Gasteiger partial charge in [-0.25, -0.2) is 14.8 Å². The average molecular weight is 1390 g/mol. The summed E-state index contributed by atoms with van der Waals surface area (Å²) in [6.07, 6.45) is 7.11. The summed E-state index contributed by atoms with van der Waals surface area (Å²) in [5.41, 5.74) is 1.84. The van der Waals surface area contributed by atoms with Crippen molar-refractivity contribution in [3.63, 3.8) is 0 Å². The Morgan fingerprint density at radius 2 is 1.48 bits per heavy atom. The van der Waals surface area contributed by atoms with Gasteiger partial charge in [0.05, 0.1) is 25.0 Å². The molecule has 2 aromatic carbocycles. The lowest BCUT2D eigenvalue weighted by molar-refractivity contribution is -0.161. The highest BCUT2D eigenvalue weighted by Crippen LogP contribution is 2.32. The monoisotopic (exact) mass is 1380 g/mol. The number of ether oxygens (including phenoxy) is 5. The molecule has 8 amide bonds. The van der Waals surface area contributed by atoms with Crippen LogP contribution in [0, 0.1) is 30.6 Å². The summed E-state index contributed by atoms with van der Waals surface area (Å²) < 4.78 is 28.2. The van der Waals surface area contributed by atoms with Crippen LogP contribution in [0.1, 0.15) is 176 Å². The van der Waals surface area contributed by atoms with Gasteiger partial charge in [-0.3, -0.25) is 57.9 Å². The van der Waals surface area contributed by atoms with Gasteiger partial charge >= 0.3 is 18.0 Å². The number of hydrazone groups is 1. The lowest BCUT2D eigenvalue weighted by Gasteiger charge is -2.39. The number of nitrogens with one attached hydrogen (secondary N) is 3. The smallest absolute Gasteiger partial charge is 0.415 e. The number of carbonyl (C=O) groups excluding carboxylic acids is 10. The van der Waals surface area contributed by atoms with E-state index in [2.05, 4.69) is 39.9 Å². The molecule has 5 rings (SSSR count). The predicted molar refractivity (Wildman–Crippen MR) is 374 cm³/mol. The topological polar surface area (TPSA) is 294 Å². The maximum Gasteiger partial charge on any atom is 0.415 e. The molecule has 6 atom stereocenters. The minimum atomic E-state index is -1.29. The Balaban J connectivity index is 0.000000434. The summed E-state index contributed by atoms with van der Waals surface area (Å²) in [5, 5.41) is 17.0. The molecule has 1 aromatic heterocycles. The lowest BCUT2D eigenvalue weighted by atomic mass is 9.92. The van der Waals surface area contributed by atoms with E-state index >= 15 is 0 Å². The number of likely N-dealkylation sites (N-methyl/N-ethyl adjacent to an activating group) is 3. The summed E-state index contributed by atoms with van der Waals surface area (Å²) in [7, 11) is 4.96. The van der Waals surface area contributed by atoms with Crippen molar-refractivity contribution in [3.8, 4) is 11.5 Å². The summed E-state index contributed by atoms with van der Waals surface area (Å²) in [6, 6.07) is 12.7. The highest BCUT2D eigenvalue weighted by atomic mass is 32.1. The zero-order valence-electron chi connectivity index (χ0n) is 60.7. The molecule has 1 fully saturated rings. The third kappa shape index (κ3) is 27.3. The minimum absolute atomic E-state index is 0.000197. The summed E-state index contributed by atoms with van der Waals surface area (Å²) in [5.74, 6) is -1.49. The van der Waals surface area contributed by atoms with Crippen molar-refractivity contribution in [1.29, 1.82) is 0 Å². The highest BCUT2D eigenvalue weighted by molar-refractivity contribution is 7.09. The number of rotatable bonds is 36. The van der Waals surface area contributed by atoms with Gasteiger partial charge < -0.3 is 44.5 Å². The first-order chi connectivity index (χ1) is 46.2. The fraction of sp³-hybridized carbons (Fsp3) is 0.611. The first kappa shape index (κ1) is 82.3. The van der Waals surface area contributed by atoms with Crippen LogP contribution in [-0.2, 0) is 63.8 Å². The Morgan fingerprint density at radius 3 is 2.05 bits per heavy atom. The number of hydrogen-bond donors (Lipinski definition) is 3. The van der Waals surface area contributed by atoms with Crippen LogP contribution in [0.2, 0.25) is 0 Å². The molecule has 0 radical (unpaired) electrons. The molecule has 2 aliphatic heterocycles. The van der Waals surface area contributed by atoms with E-state index in [1.165, 1.54) is 61.3 Å². The number of piperidine rings is 1. The molecule has 0 bridgehead atoms. The van der Waals surface area contributed by atoms with Gasteiger partial charge in [-0.15, -0.1) is 11.3 Å². The van der Waals surface area contributed by atoms with Crippen LogP contribution in [0.4, 0.5) is 4.79 Å². The summed E-state index contributed by atoms with van der Waals surface area (Å²) in [4.78, 5) is 137. The number of amides is 8. The highest BCUT2D eigenvalue weighted by Gasteiger charge is 2.41. The number of likely N-dealkylation sites (tertiary alicyclic amines) is 1. The van der Waals surface area contributed by atoms with Gasteiger partial charge in [0, 0.05) is 95.6 Å². The largest absolute Gasteiger partial charge is 0.491 e. The average Bonchev–Trinajstić information content (AvgIpc) is 0.969. The van der Waals surface area contributed by atoms with Crippen LogP contribution >= 0.6 is 11.3 Å². The Kier molecular flexibility index (Phi) is 34.2. The number of esters is 2. The number of aromatic nitrogens is 1. The Hall–Kier alpha value is -8.10. The van der Waals surface area contributed by atoms with E-state index < -0.39 is 47.7 Å². The minimum Gasteiger partial charge on any atom is -0.491 e. The number of hydrogen-bond acceptors (Lipinski definition) is 19. The Bertz CT molecular complexity index is 3170. The van der Waals surface area contributed by atoms with Gasteiger partial charge in [-0.2, -0.15) is 5.10 Å². The number of imide groups is 1. The van der Waals surface area contributed by atoms with Gasteiger partial charge in [0.1, 0.15) is 34.7 Å². The van der Waals surface area contributed by atoms with Crippen LogP contribution in [0.3, 0.4) is 0 Å². The van der Waals surface area contributed by atoms with Crippen molar-refractivity contribution in [3.05, 3.63) is 87.9 Å². The zero-order valence-corrected chi connectivity index (χ0v) is 61.5. The zero-order chi connectivity index (χ0) is 73.0. The molecule has 0 saturated carbocycles. The second kappa shape index (κ2) is 40.7. The van der Waals surface area contributed by atoms with Crippen LogP contribution in [0.5, 0.6) is 11.5 Å². The number of thiazole rings is 1. The molecule has 542 valence electrons. The third-order valence-electron chi connectivity index (χ3n) is 16.9. The van der Waals surface area contributed by atoms with Crippen LogP contribution in [0.15, 0.2) is 71.2 Å². The van der Waals surface area contributed by atoms with E-state index in [9.17, 15) is 47.9 Å². The van der Waals surface area contributed by atoms with Crippen LogP contribution < -0.4 is 25.4 Å². The van der Waals surface area contributed by atoms with Gasteiger partial charge in [0.15, 0.2) is 12.8 Å². The lowest BCUT2D eigenvalue weighted by Crippen LogP contribution is -2.59. The number of nitrogens with zero attached hydrogens (tertiary/aromatic N) is 7. The van der Waals surface area contributed by atoms with E-state index in [4.69, 9.17) is 23.7 Å². The molecular weight excluding hydrogens is 1280 g/mol. The maximum atomic E-state index is 14.5. The molecule has 98 heavy (non-hydrogen) atoms.